The zero-order chi connectivity index (χ0) is 13.5. The third kappa shape index (κ3) is 3.97. The summed E-state index contributed by atoms with van der Waals surface area (Å²) in [6.07, 6.45) is 0.821. The summed E-state index contributed by atoms with van der Waals surface area (Å²) in [6, 6.07) is 3.42. The van der Waals surface area contributed by atoms with Crippen LogP contribution in [0.3, 0.4) is 0 Å². The molecule has 1 unspecified atom stereocenters. The second kappa shape index (κ2) is 6.93. The lowest BCUT2D eigenvalue weighted by molar-refractivity contribution is 0.0380. The van der Waals surface area contributed by atoms with Gasteiger partial charge in [-0.05, 0) is 12.1 Å². The van der Waals surface area contributed by atoms with Gasteiger partial charge in [-0.2, -0.15) is 0 Å². The number of anilines is 1. The summed E-state index contributed by atoms with van der Waals surface area (Å²) in [5.41, 5.74) is 0.487. The molecule has 1 atom stereocenters. The zero-order valence-electron chi connectivity index (χ0n) is 10.9. The first-order chi connectivity index (χ1) is 8.58. The Morgan fingerprint density at radius 2 is 2.33 bits per heavy atom. The maximum Gasteiger partial charge on any atom is 0.255 e. The number of methoxy groups -OCH3 is 1. The van der Waals surface area contributed by atoms with E-state index in [0.717, 1.165) is 0 Å². The van der Waals surface area contributed by atoms with E-state index in [2.05, 4.69) is 10.3 Å². The van der Waals surface area contributed by atoms with Gasteiger partial charge in [0.15, 0.2) is 0 Å². The third-order valence-corrected chi connectivity index (χ3v) is 2.46. The van der Waals surface area contributed by atoms with Gasteiger partial charge in [0.1, 0.15) is 5.82 Å². The molecule has 1 aromatic heterocycles. The molecule has 0 bridgehead atoms. The van der Waals surface area contributed by atoms with Crippen LogP contribution in [0, 0.1) is 0 Å². The average Bonchev–Trinajstić information content (AvgIpc) is 2.38. The fraction of sp³-hybridized carbons (Fsp3) is 0.500. The van der Waals surface area contributed by atoms with E-state index in [-0.39, 0.29) is 19.1 Å². The number of aromatic nitrogens is 1. The Bertz CT molecular complexity index is 381. The van der Waals surface area contributed by atoms with Crippen LogP contribution in [0.15, 0.2) is 18.3 Å². The molecule has 1 aromatic rings. The van der Waals surface area contributed by atoms with Gasteiger partial charge in [-0.1, -0.05) is 0 Å². The topological polar surface area (TPSA) is 74.7 Å². The van der Waals surface area contributed by atoms with Crippen LogP contribution in [0.1, 0.15) is 10.4 Å². The molecule has 0 spiro atoms. The lowest BCUT2D eigenvalue weighted by Gasteiger charge is -2.20. The van der Waals surface area contributed by atoms with Crippen molar-refractivity contribution >= 4 is 11.7 Å². The summed E-state index contributed by atoms with van der Waals surface area (Å²) in [4.78, 5) is 17.5. The Hall–Kier alpha value is -1.66. The molecule has 1 heterocycles. The number of hydrogen-bond acceptors (Lipinski definition) is 5. The molecule has 1 rings (SSSR count). The maximum absolute atomic E-state index is 12.0. The number of aliphatic hydroxyl groups excluding tert-OH is 1. The molecule has 0 fully saturated rings. The van der Waals surface area contributed by atoms with E-state index in [1.165, 1.54) is 18.2 Å². The maximum atomic E-state index is 12.0. The number of nitrogens with zero attached hydrogens (tertiary/aromatic N) is 2. The first kappa shape index (κ1) is 14.4. The third-order valence-electron chi connectivity index (χ3n) is 2.46. The van der Waals surface area contributed by atoms with Crippen LogP contribution in [0.25, 0.3) is 0 Å². The van der Waals surface area contributed by atoms with Crippen molar-refractivity contribution in [2.75, 3.05) is 39.7 Å². The SMILES string of the molecule is CNc1ccc(C(=O)N(C)CC(O)COC)cn1. The first-order valence-corrected chi connectivity index (χ1v) is 5.64. The number of amides is 1. The Balaban J connectivity index is 2.62. The minimum atomic E-state index is -0.687. The number of pyridine rings is 1. The predicted molar refractivity (Wildman–Crippen MR) is 68.6 cm³/mol. The molecule has 18 heavy (non-hydrogen) atoms. The molecule has 0 aliphatic carbocycles. The zero-order valence-corrected chi connectivity index (χ0v) is 10.9. The van der Waals surface area contributed by atoms with Crippen LogP contribution in [0.2, 0.25) is 0 Å². The van der Waals surface area contributed by atoms with E-state index in [1.807, 2.05) is 0 Å². The molecule has 0 saturated carbocycles. The molecular weight excluding hydrogens is 234 g/mol. The number of carbonyl (C=O) groups excluding carboxylic acids is 1. The van der Waals surface area contributed by atoms with Gasteiger partial charge in [0.25, 0.3) is 5.91 Å². The van der Waals surface area contributed by atoms with Crippen LogP contribution in [0.5, 0.6) is 0 Å². The minimum Gasteiger partial charge on any atom is -0.389 e. The van der Waals surface area contributed by atoms with E-state index in [4.69, 9.17) is 4.74 Å². The Labute approximate surface area is 107 Å². The van der Waals surface area contributed by atoms with E-state index in [9.17, 15) is 9.90 Å². The predicted octanol–water partition coefficient (Wildman–Crippen LogP) is 0.203. The fourth-order valence-electron chi connectivity index (χ4n) is 1.53. The van der Waals surface area contributed by atoms with Crippen molar-refractivity contribution in [1.82, 2.24) is 9.88 Å². The van der Waals surface area contributed by atoms with Crippen molar-refractivity contribution in [3.63, 3.8) is 0 Å². The highest BCUT2D eigenvalue weighted by Crippen LogP contribution is 2.07. The first-order valence-electron chi connectivity index (χ1n) is 5.64. The Kier molecular flexibility index (Phi) is 5.54. The monoisotopic (exact) mass is 253 g/mol. The minimum absolute atomic E-state index is 0.180. The number of carbonyl (C=O) groups is 1. The summed E-state index contributed by atoms with van der Waals surface area (Å²) in [7, 11) is 4.90. The number of hydrogen-bond donors (Lipinski definition) is 2. The van der Waals surface area contributed by atoms with Crippen LogP contribution >= 0.6 is 0 Å². The highest BCUT2D eigenvalue weighted by Gasteiger charge is 2.15. The van der Waals surface area contributed by atoms with Crippen molar-refractivity contribution in [1.29, 1.82) is 0 Å². The van der Waals surface area contributed by atoms with E-state index in [1.54, 1.807) is 26.2 Å². The summed E-state index contributed by atoms with van der Waals surface area (Å²) in [5.74, 6) is 0.522. The van der Waals surface area contributed by atoms with Crippen molar-refractivity contribution in [3.05, 3.63) is 23.9 Å². The lowest BCUT2D eigenvalue weighted by Crippen LogP contribution is -2.36. The van der Waals surface area contributed by atoms with Gasteiger partial charge in [0.2, 0.25) is 0 Å². The van der Waals surface area contributed by atoms with Crippen LogP contribution < -0.4 is 5.32 Å². The van der Waals surface area contributed by atoms with Gasteiger partial charge in [-0.3, -0.25) is 4.79 Å². The van der Waals surface area contributed by atoms with E-state index < -0.39 is 6.10 Å². The standard InChI is InChI=1S/C12H19N3O3/c1-13-11-5-4-9(6-14-11)12(17)15(2)7-10(16)8-18-3/h4-6,10,16H,7-8H2,1-3H3,(H,13,14). The molecular formula is C12H19N3O3. The molecule has 0 aliphatic rings. The molecule has 6 heteroatoms. The number of nitrogens with one attached hydrogen (secondary N) is 1. The smallest absolute Gasteiger partial charge is 0.255 e. The highest BCUT2D eigenvalue weighted by atomic mass is 16.5. The van der Waals surface area contributed by atoms with Gasteiger partial charge in [0.05, 0.1) is 18.3 Å². The Morgan fingerprint density at radius 1 is 1.61 bits per heavy atom. The molecule has 6 nitrogen and oxygen atoms in total. The number of ether oxygens (including phenoxy) is 1. The molecule has 0 saturated heterocycles. The highest BCUT2D eigenvalue weighted by molar-refractivity contribution is 5.93. The molecule has 0 radical (unpaired) electrons. The summed E-state index contributed by atoms with van der Waals surface area (Å²) >= 11 is 0. The van der Waals surface area contributed by atoms with Crippen molar-refractivity contribution in [2.24, 2.45) is 0 Å². The van der Waals surface area contributed by atoms with E-state index >= 15 is 0 Å². The van der Waals surface area contributed by atoms with Crippen molar-refractivity contribution in [2.45, 2.75) is 6.10 Å². The quantitative estimate of drug-likeness (QED) is 0.757. The fourth-order valence-corrected chi connectivity index (χ4v) is 1.53. The normalized spacial score (nSPS) is 12.0. The van der Waals surface area contributed by atoms with Gasteiger partial charge >= 0.3 is 0 Å². The number of aliphatic hydroxyl groups is 1. The van der Waals surface area contributed by atoms with Crippen LogP contribution in [-0.2, 0) is 4.74 Å². The van der Waals surface area contributed by atoms with Crippen molar-refractivity contribution < 1.29 is 14.6 Å². The van der Waals surface area contributed by atoms with Gasteiger partial charge in [-0.25, -0.2) is 4.98 Å². The molecule has 2 N–H and O–H groups in total. The number of rotatable bonds is 6. The summed E-state index contributed by atoms with van der Waals surface area (Å²) < 4.78 is 4.81. The largest absolute Gasteiger partial charge is 0.389 e. The lowest BCUT2D eigenvalue weighted by atomic mass is 10.2. The molecule has 0 aromatic carbocycles. The van der Waals surface area contributed by atoms with Crippen LogP contribution in [-0.4, -0.2) is 61.4 Å². The molecule has 1 amide bonds. The average molecular weight is 253 g/mol. The summed E-state index contributed by atoms with van der Waals surface area (Å²) in [6.45, 7) is 0.426. The van der Waals surface area contributed by atoms with Gasteiger partial charge in [-0.15, -0.1) is 0 Å². The van der Waals surface area contributed by atoms with E-state index in [0.29, 0.717) is 11.4 Å². The Morgan fingerprint density at radius 3 is 2.83 bits per heavy atom. The second-order valence-electron chi connectivity index (χ2n) is 3.98. The van der Waals surface area contributed by atoms with Gasteiger partial charge in [0, 0.05) is 33.9 Å². The van der Waals surface area contributed by atoms with Crippen molar-refractivity contribution in [3.8, 4) is 0 Å². The number of likely N-dealkylation sites (N-methyl/N-ethyl adjacent to an activating group) is 1. The second-order valence-corrected chi connectivity index (χ2v) is 3.98. The molecule has 100 valence electrons. The molecule has 0 aliphatic heterocycles. The summed E-state index contributed by atoms with van der Waals surface area (Å²) in [5, 5.41) is 12.4. The van der Waals surface area contributed by atoms with Gasteiger partial charge < -0.3 is 20.1 Å². The van der Waals surface area contributed by atoms with Crippen LogP contribution in [0.4, 0.5) is 5.82 Å².